The normalized spacial score (nSPS) is 12.9. The van der Waals surface area contributed by atoms with Gasteiger partial charge in [-0.3, -0.25) is 0 Å². The lowest BCUT2D eigenvalue weighted by molar-refractivity contribution is 0.242. The summed E-state index contributed by atoms with van der Waals surface area (Å²) in [6.07, 6.45) is 1.45. The van der Waals surface area contributed by atoms with Crippen LogP contribution in [-0.2, 0) is 10.0 Å². The Labute approximate surface area is 128 Å². The zero-order chi connectivity index (χ0) is 16.1. The number of aliphatic hydroxyl groups is 1. The van der Waals surface area contributed by atoms with Gasteiger partial charge in [-0.1, -0.05) is 39.8 Å². The second kappa shape index (κ2) is 7.38. The Morgan fingerprint density at radius 3 is 2.24 bits per heavy atom. The summed E-state index contributed by atoms with van der Waals surface area (Å²) in [5.74, 6) is 0.382. The molecule has 120 valence electrons. The van der Waals surface area contributed by atoms with E-state index in [1.54, 1.807) is 12.1 Å². The molecule has 0 radical (unpaired) electrons. The molecule has 5 heteroatoms. The molecule has 1 aromatic rings. The molecule has 21 heavy (non-hydrogen) atoms. The van der Waals surface area contributed by atoms with Crippen molar-refractivity contribution in [2.75, 3.05) is 13.2 Å². The van der Waals surface area contributed by atoms with Crippen LogP contribution in [0.25, 0.3) is 0 Å². The lowest BCUT2D eigenvalue weighted by atomic mass is 9.88. The van der Waals surface area contributed by atoms with Gasteiger partial charge in [-0.2, -0.15) is 0 Å². The van der Waals surface area contributed by atoms with Crippen molar-refractivity contribution in [2.24, 2.45) is 5.41 Å². The van der Waals surface area contributed by atoms with E-state index in [9.17, 15) is 8.42 Å². The molecule has 0 saturated carbocycles. The van der Waals surface area contributed by atoms with Gasteiger partial charge in [0, 0.05) is 13.2 Å². The highest BCUT2D eigenvalue weighted by atomic mass is 32.2. The molecule has 0 heterocycles. The topological polar surface area (TPSA) is 66.4 Å². The van der Waals surface area contributed by atoms with Crippen LogP contribution in [0.2, 0.25) is 0 Å². The van der Waals surface area contributed by atoms with Crippen molar-refractivity contribution >= 4 is 10.0 Å². The predicted octanol–water partition coefficient (Wildman–Crippen LogP) is 2.89. The molecule has 4 nitrogen and oxygen atoms in total. The van der Waals surface area contributed by atoms with Crippen LogP contribution in [0, 0.1) is 5.41 Å². The molecular weight excluding hydrogens is 286 g/mol. The number of hydrogen-bond acceptors (Lipinski definition) is 3. The number of rotatable bonds is 8. The highest BCUT2D eigenvalue weighted by Crippen LogP contribution is 2.22. The molecule has 0 saturated heterocycles. The van der Waals surface area contributed by atoms with E-state index in [1.165, 1.54) is 0 Å². The van der Waals surface area contributed by atoms with Gasteiger partial charge in [-0.25, -0.2) is 13.1 Å². The van der Waals surface area contributed by atoms with E-state index in [0.717, 1.165) is 12.0 Å². The highest BCUT2D eigenvalue weighted by molar-refractivity contribution is 7.89. The van der Waals surface area contributed by atoms with Crippen molar-refractivity contribution in [3.8, 4) is 0 Å². The Bertz CT molecular complexity index is 533. The van der Waals surface area contributed by atoms with Crippen LogP contribution in [-0.4, -0.2) is 26.7 Å². The quantitative estimate of drug-likeness (QED) is 0.775. The summed E-state index contributed by atoms with van der Waals surface area (Å²) < 4.78 is 27.2. The van der Waals surface area contributed by atoms with Crippen molar-refractivity contribution in [3.63, 3.8) is 0 Å². The molecule has 0 aromatic heterocycles. The first-order chi connectivity index (χ1) is 9.68. The van der Waals surface area contributed by atoms with Crippen LogP contribution in [0.3, 0.4) is 0 Å². The van der Waals surface area contributed by atoms with Gasteiger partial charge in [-0.15, -0.1) is 0 Å². The van der Waals surface area contributed by atoms with Gasteiger partial charge >= 0.3 is 0 Å². The summed E-state index contributed by atoms with van der Waals surface area (Å²) in [6.45, 7) is 8.63. The fourth-order valence-electron chi connectivity index (χ4n) is 2.05. The molecular formula is C16H27NO3S. The van der Waals surface area contributed by atoms with Crippen LogP contribution in [0.15, 0.2) is 29.2 Å². The molecule has 2 N–H and O–H groups in total. The minimum Gasteiger partial charge on any atom is -0.396 e. The largest absolute Gasteiger partial charge is 0.396 e. The van der Waals surface area contributed by atoms with Crippen LogP contribution >= 0.6 is 0 Å². The third-order valence-corrected chi connectivity index (χ3v) is 5.03. The molecule has 0 aliphatic rings. The first-order valence-electron chi connectivity index (χ1n) is 7.38. The average molecular weight is 313 g/mol. The molecule has 0 fully saturated rings. The maximum absolute atomic E-state index is 12.3. The van der Waals surface area contributed by atoms with Gasteiger partial charge in [0.25, 0.3) is 0 Å². The maximum atomic E-state index is 12.3. The molecule has 0 bridgehead atoms. The van der Waals surface area contributed by atoms with Crippen molar-refractivity contribution in [2.45, 2.75) is 51.3 Å². The minimum absolute atomic E-state index is 0.132. The van der Waals surface area contributed by atoms with Crippen LogP contribution in [0.1, 0.15) is 52.0 Å². The Hall–Kier alpha value is -0.910. The lowest BCUT2D eigenvalue weighted by Crippen LogP contribution is -2.34. The summed E-state index contributed by atoms with van der Waals surface area (Å²) >= 11 is 0. The molecule has 0 aliphatic carbocycles. The zero-order valence-corrected chi connectivity index (χ0v) is 14.2. The number of sulfonamides is 1. The van der Waals surface area contributed by atoms with Crippen molar-refractivity contribution in [1.29, 1.82) is 0 Å². The molecule has 0 spiro atoms. The lowest BCUT2D eigenvalue weighted by Gasteiger charge is -2.24. The highest BCUT2D eigenvalue weighted by Gasteiger charge is 2.22. The van der Waals surface area contributed by atoms with Gasteiger partial charge in [0.15, 0.2) is 0 Å². The smallest absolute Gasteiger partial charge is 0.240 e. The molecule has 0 unspecified atom stereocenters. The zero-order valence-electron chi connectivity index (χ0n) is 13.4. The summed E-state index contributed by atoms with van der Waals surface area (Å²) in [5.41, 5.74) is 0.949. The monoisotopic (exact) mass is 313 g/mol. The SMILES string of the molecule is CC(C)c1ccc(S(=O)(=O)NCC(C)(C)CCCO)cc1. The summed E-state index contributed by atoms with van der Waals surface area (Å²) in [6, 6.07) is 7.02. The fourth-order valence-corrected chi connectivity index (χ4v) is 3.29. The van der Waals surface area contributed by atoms with Crippen LogP contribution in [0.5, 0.6) is 0 Å². The minimum atomic E-state index is -3.47. The third kappa shape index (κ3) is 5.77. The van der Waals surface area contributed by atoms with Crippen molar-refractivity contribution in [3.05, 3.63) is 29.8 Å². The predicted molar refractivity (Wildman–Crippen MR) is 85.8 cm³/mol. The third-order valence-electron chi connectivity index (χ3n) is 3.61. The van der Waals surface area contributed by atoms with E-state index in [4.69, 9.17) is 5.11 Å². The summed E-state index contributed by atoms with van der Waals surface area (Å²) in [4.78, 5) is 0.296. The van der Waals surface area contributed by atoms with Crippen LogP contribution in [0.4, 0.5) is 0 Å². The van der Waals surface area contributed by atoms with Gasteiger partial charge in [0.1, 0.15) is 0 Å². The molecule has 1 aromatic carbocycles. The van der Waals surface area contributed by atoms with E-state index in [-0.39, 0.29) is 12.0 Å². The first-order valence-corrected chi connectivity index (χ1v) is 8.87. The van der Waals surface area contributed by atoms with Gasteiger partial charge in [0.05, 0.1) is 4.90 Å². The average Bonchev–Trinajstić information content (AvgIpc) is 2.43. The van der Waals surface area contributed by atoms with Crippen LogP contribution < -0.4 is 4.72 Å². The van der Waals surface area contributed by atoms with E-state index in [2.05, 4.69) is 18.6 Å². The van der Waals surface area contributed by atoms with Gasteiger partial charge < -0.3 is 5.11 Å². The Morgan fingerprint density at radius 1 is 1.19 bits per heavy atom. The number of aliphatic hydroxyl groups excluding tert-OH is 1. The molecule has 0 atom stereocenters. The molecule has 1 rings (SSSR count). The van der Waals surface area contributed by atoms with E-state index in [1.807, 2.05) is 26.0 Å². The summed E-state index contributed by atoms with van der Waals surface area (Å²) in [7, 11) is -3.47. The van der Waals surface area contributed by atoms with E-state index in [0.29, 0.717) is 23.8 Å². The van der Waals surface area contributed by atoms with Gasteiger partial charge in [0.2, 0.25) is 10.0 Å². The molecule has 0 amide bonds. The molecule has 0 aliphatic heterocycles. The fraction of sp³-hybridized carbons (Fsp3) is 0.625. The van der Waals surface area contributed by atoms with Crippen molar-refractivity contribution in [1.82, 2.24) is 4.72 Å². The second-order valence-electron chi connectivity index (χ2n) is 6.54. The number of hydrogen-bond donors (Lipinski definition) is 2. The van der Waals surface area contributed by atoms with Crippen molar-refractivity contribution < 1.29 is 13.5 Å². The first kappa shape index (κ1) is 18.1. The number of benzene rings is 1. The Morgan fingerprint density at radius 2 is 1.76 bits per heavy atom. The maximum Gasteiger partial charge on any atom is 0.240 e. The Balaban J connectivity index is 2.73. The van der Waals surface area contributed by atoms with E-state index < -0.39 is 10.0 Å². The second-order valence-corrected chi connectivity index (χ2v) is 8.31. The van der Waals surface area contributed by atoms with Gasteiger partial charge in [-0.05, 0) is 41.9 Å². The summed E-state index contributed by atoms with van der Waals surface area (Å²) in [5, 5.41) is 8.87. The Kier molecular flexibility index (Phi) is 6.38. The number of nitrogens with one attached hydrogen (secondary N) is 1. The standard InChI is InChI=1S/C16H27NO3S/c1-13(2)14-6-8-15(9-7-14)21(19,20)17-12-16(3,4)10-5-11-18/h6-9,13,17-18H,5,10-12H2,1-4H3. The van der Waals surface area contributed by atoms with E-state index >= 15 is 0 Å².